The van der Waals surface area contributed by atoms with Gasteiger partial charge in [-0.2, -0.15) is 0 Å². The summed E-state index contributed by atoms with van der Waals surface area (Å²) in [5.74, 6) is 5.61. The third kappa shape index (κ3) is 6.25. The summed E-state index contributed by atoms with van der Waals surface area (Å²) in [6, 6.07) is 0. The van der Waals surface area contributed by atoms with E-state index in [4.69, 9.17) is 9.47 Å². The molecule has 8 rings (SSSR count). The maximum atomic E-state index is 12.1. The van der Waals surface area contributed by atoms with E-state index in [1.165, 1.54) is 76.2 Å². The smallest absolute Gasteiger partial charge is 0.302 e. The summed E-state index contributed by atoms with van der Waals surface area (Å²) in [6.45, 7) is 21.9. The molecule has 6 fully saturated rings. The lowest BCUT2D eigenvalue weighted by molar-refractivity contribution is -0.179. The van der Waals surface area contributed by atoms with Crippen LogP contribution in [-0.4, -0.2) is 30.4 Å². The van der Waals surface area contributed by atoms with Gasteiger partial charge in [0.1, 0.15) is 18.5 Å². The first-order valence-corrected chi connectivity index (χ1v) is 22.4. The van der Waals surface area contributed by atoms with Crippen LogP contribution in [0.5, 0.6) is 0 Å². The molecule has 0 spiro atoms. The van der Waals surface area contributed by atoms with E-state index in [1.807, 2.05) is 0 Å². The number of ether oxygens (including phenoxy) is 2. The summed E-state index contributed by atoms with van der Waals surface area (Å²) in [4.78, 5) is 35.7. The summed E-state index contributed by atoms with van der Waals surface area (Å²) < 4.78 is 12.1. The molecule has 6 saturated carbocycles. The lowest BCUT2D eigenvalue weighted by atomic mass is 9.46. The van der Waals surface area contributed by atoms with Gasteiger partial charge in [-0.3, -0.25) is 9.59 Å². The molecule has 8 aliphatic rings. The van der Waals surface area contributed by atoms with Gasteiger partial charge in [-0.1, -0.05) is 83.4 Å². The number of esters is 2. The van der Waals surface area contributed by atoms with Gasteiger partial charge in [0.05, 0.1) is 0 Å². The number of fused-ring (bicyclic) bond motifs is 10. The van der Waals surface area contributed by atoms with Crippen molar-refractivity contribution in [1.82, 2.24) is 0 Å². The molecular formula is C49H74O5. The standard InChI is InChI=1S/C25H38O3.C24H36O2/c1-15-10-11-24(4)18(12-15)6-7-19-21-9-8-20(16(2)14-26)25(21,5)23(13-22(19)24)28-17(3)27;1-6-17-8-10-20-19-9-7-18-13-15(2)11-12-23(18,4)21(19)14-22(24(17,20)5)26-16(3)25/h6,14-16,19-23H,7-13H2,1-5H3;6-7,15,19-22H,8-14H2,1-5H3/b;17-6-/t15-,16+,19-,20?,21-,22-,23+,24-,25+;15-,19-,20-,21-,22+,23-,24+/m00/s1. The van der Waals surface area contributed by atoms with Crippen LogP contribution < -0.4 is 0 Å². The summed E-state index contributed by atoms with van der Waals surface area (Å²) in [5, 5.41) is 0. The van der Waals surface area contributed by atoms with E-state index in [1.54, 1.807) is 25.0 Å². The van der Waals surface area contributed by atoms with E-state index in [0.29, 0.717) is 40.9 Å². The zero-order chi connectivity index (χ0) is 39.0. The Morgan fingerprint density at radius 3 is 1.78 bits per heavy atom. The van der Waals surface area contributed by atoms with Gasteiger partial charge in [-0.15, -0.1) is 0 Å². The normalized spacial score (nSPS) is 48.8. The minimum atomic E-state index is -0.165. The monoisotopic (exact) mass is 743 g/mol. The maximum Gasteiger partial charge on any atom is 0.302 e. The van der Waals surface area contributed by atoms with Crippen LogP contribution in [0.1, 0.15) is 159 Å². The van der Waals surface area contributed by atoms with Crippen LogP contribution in [0.4, 0.5) is 0 Å². The summed E-state index contributed by atoms with van der Waals surface area (Å²) >= 11 is 0. The van der Waals surface area contributed by atoms with Crippen molar-refractivity contribution in [3.63, 3.8) is 0 Å². The Kier molecular flexibility index (Phi) is 10.9. The maximum absolute atomic E-state index is 12.1. The molecule has 300 valence electrons. The number of aldehydes is 1. The molecule has 0 bridgehead atoms. The van der Waals surface area contributed by atoms with Crippen molar-refractivity contribution in [1.29, 1.82) is 0 Å². The Morgan fingerprint density at radius 1 is 0.741 bits per heavy atom. The summed E-state index contributed by atoms with van der Waals surface area (Å²) in [6.07, 6.45) is 25.6. The van der Waals surface area contributed by atoms with E-state index in [0.717, 1.165) is 43.3 Å². The van der Waals surface area contributed by atoms with Gasteiger partial charge in [0.15, 0.2) is 0 Å². The van der Waals surface area contributed by atoms with Crippen LogP contribution in [-0.2, 0) is 23.9 Å². The van der Waals surface area contributed by atoms with E-state index in [-0.39, 0.29) is 46.3 Å². The largest absolute Gasteiger partial charge is 0.462 e. The third-order valence-electron chi connectivity index (χ3n) is 18.6. The molecule has 16 atom stereocenters. The van der Waals surface area contributed by atoms with Crippen molar-refractivity contribution >= 4 is 18.2 Å². The first-order valence-electron chi connectivity index (χ1n) is 22.4. The summed E-state index contributed by atoms with van der Waals surface area (Å²) in [5.41, 5.74) is 5.49. The number of hydrogen-bond acceptors (Lipinski definition) is 5. The Morgan fingerprint density at radius 2 is 1.26 bits per heavy atom. The molecule has 5 nitrogen and oxygen atoms in total. The van der Waals surface area contributed by atoms with Crippen LogP contribution in [0.2, 0.25) is 0 Å². The molecule has 54 heavy (non-hydrogen) atoms. The molecule has 0 aromatic rings. The second-order valence-electron chi connectivity index (χ2n) is 21.1. The van der Waals surface area contributed by atoms with Crippen LogP contribution in [0.3, 0.4) is 0 Å². The van der Waals surface area contributed by atoms with Crippen molar-refractivity contribution in [3.05, 3.63) is 34.9 Å². The Hall–Kier alpha value is -2.17. The van der Waals surface area contributed by atoms with Crippen LogP contribution >= 0.6 is 0 Å². The van der Waals surface area contributed by atoms with Gasteiger partial charge in [0, 0.05) is 30.6 Å². The predicted octanol–water partition coefficient (Wildman–Crippen LogP) is 11.7. The van der Waals surface area contributed by atoms with Crippen molar-refractivity contribution in [2.75, 3.05) is 0 Å². The van der Waals surface area contributed by atoms with Crippen LogP contribution in [0.25, 0.3) is 0 Å². The van der Waals surface area contributed by atoms with Gasteiger partial charge >= 0.3 is 11.9 Å². The molecule has 0 saturated heterocycles. The van der Waals surface area contributed by atoms with Crippen LogP contribution in [0, 0.1) is 80.8 Å². The third-order valence-corrected chi connectivity index (χ3v) is 18.6. The number of hydrogen-bond donors (Lipinski definition) is 0. The first kappa shape index (κ1) is 40.0. The Labute approximate surface area is 328 Å². The van der Waals surface area contributed by atoms with E-state index >= 15 is 0 Å². The molecule has 0 aromatic carbocycles. The molecule has 0 amide bonds. The quantitative estimate of drug-likeness (QED) is 0.163. The van der Waals surface area contributed by atoms with Gasteiger partial charge in [-0.05, 0) is 161 Å². The number of carbonyl (C=O) groups excluding carboxylic acids is 3. The molecule has 0 heterocycles. The lowest BCUT2D eigenvalue weighted by Gasteiger charge is -2.60. The topological polar surface area (TPSA) is 69.7 Å². The average Bonchev–Trinajstić information content (AvgIpc) is 3.67. The average molecular weight is 743 g/mol. The molecule has 5 heteroatoms. The molecule has 8 aliphatic carbocycles. The van der Waals surface area contributed by atoms with E-state index in [9.17, 15) is 14.4 Å². The van der Waals surface area contributed by atoms with Gasteiger partial charge in [-0.25, -0.2) is 0 Å². The molecule has 0 aromatic heterocycles. The number of carbonyl (C=O) groups is 3. The second-order valence-corrected chi connectivity index (χ2v) is 21.1. The van der Waals surface area contributed by atoms with Crippen LogP contribution in [0.15, 0.2) is 34.9 Å². The van der Waals surface area contributed by atoms with E-state index in [2.05, 4.69) is 73.6 Å². The Balaban J connectivity index is 0.000000167. The minimum absolute atomic E-state index is 0.0328. The fraction of sp³-hybridized carbons (Fsp3) is 0.816. The highest BCUT2D eigenvalue weighted by Crippen LogP contribution is 2.69. The van der Waals surface area contributed by atoms with Crippen molar-refractivity contribution in [2.45, 2.75) is 171 Å². The minimum Gasteiger partial charge on any atom is -0.462 e. The molecule has 1 unspecified atom stereocenters. The van der Waals surface area contributed by atoms with Crippen molar-refractivity contribution in [2.24, 2.45) is 80.8 Å². The second kappa shape index (κ2) is 14.6. The zero-order valence-corrected chi connectivity index (χ0v) is 35.7. The number of rotatable bonds is 4. The van der Waals surface area contributed by atoms with Gasteiger partial charge in [0.2, 0.25) is 0 Å². The Bertz CT molecular complexity index is 1570. The van der Waals surface area contributed by atoms with Gasteiger partial charge < -0.3 is 14.3 Å². The SMILES string of the molecule is C/C=C1/CC[C@H]2[C@@H]3CC=C4C[C@@H](C)CC[C@]4(C)[C@H]3C[C@@H](OC(C)=O)[C@]12C.CC(=O)O[C@@H]1C[C@H]2[C@@H](CC=C3C[C@@H](C)CC[C@@]32C)[C@@H]2CCC([C@H](C)C=O)[C@@]12C. The highest BCUT2D eigenvalue weighted by molar-refractivity contribution is 5.66. The summed E-state index contributed by atoms with van der Waals surface area (Å²) in [7, 11) is 0. The highest BCUT2D eigenvalue weighted by atomic mass is 16.5. The fourth-order valence-corrected chi connectivity index (χ4v) is 15.6. The van der Waals surface area contributed by atoms with E-state index < -0.39 is 0 Å². The molecular weight excluding hydrogens is 669 g/mol. The van der Waals surface area contributed by atoms with Gasteiger partial charge in [0.25, 0.3) is 0 Å². The zero-order valence-electron chi connectivity index (χ0n) is 35.7. The fourth-order valence-electron chi connectivity index (χ4n) is 15.6. The predicted molar refractivity (Wildman–Crippen MR) is 216 cm³/mol. The van der Waals surface area contributed by atoms with Crippen molar-refractivity contribution < 1.29 is 23.9 Å². The molecule has 0 aliphatic heterocycles. The molecule has 0 N–H and O–H groups in total. The highest BCUT2D eigenvalue weighted by Gasteiger charge is 2.65. The number of allylic oxidation sites excluding steroid dienone is 5. The van der Waals surface area contributed by atoms with Crippen molar-refractivity contribution in [3.8, 4) is 0 Å². The lowest BCUT2D eigenvalue weighted by Crippen LogP contribution is -2.57. The first-order chi connectivity index (χ1) is 25.5. The molecule has 0 radical (unpaired) electrons.